The predicted molar refractivity (Wildman–Crippen MR) is 86.7 cm³/mol. The van der Waals surface area contributed by atoms with Crippen molar-refractivity contribution in [1.29, 1.82) is 0 Å². The van der Waals surface area contributed by atoms with Gasteiger partial charge in [-0.3, -0.25) is 4.79 Å². The van der Waals surface area contributed by atoms with Crippen molar-refractivity contribution >= 4 is 5.91 Å². The highest BCUT2D eigenvalue weighted by Crippen LogP contribution is 2.64. The summed E-state index contributed by atoms with van der Waals surface area (Å²) in [4.78, 5) is 13.0. The van der Waals surface area contributed by atoms with Crippen molar-refractivity contribution in [3.8, 4) is 0 Å². The maximum atomic E-state index is 13.0. The zero-order chi connectivity index (χ0) is 18.2. The number of aliphatic hydroxyl groups excluding tert-OH is 1. The summed E-state index contributed by atoms with van der Waals surface area (Å²) in [7, 11) is 0. The van der Waals surface area contributed by atoms with Crippen molar-refractivity contribution in [1.82, 2.24) is 4.90 Å². The summed E-state index contributed by atoms with van der Waals surface area (Å²) in [6, 6.07) is -0.296. The van der Waals surface area contributed by atoms with Gasteiger partial charge in [0.2, 0.25) is 0 Å². The molecule has 0 aromatic heterocycles. The monoisotopic (exact) mass is 357 g/mol. The van der Waals surface area contributed by atoms with Gasteiger partial charge in [-0.15, -0.1) is 0 Å². The molecule has 1 saturated heterocycles. The number of nitrogens with zero attached hydrogens (tertiary/aromatic N) is 1. The Morgan fingerprint density at radius 1 is 1.20 bits per heavy atom. The Kier molecular flexibility index (Phi) is 3.56. The summed E-state index contributed by atoms with van der Waals surface area (Å²) in [5.41, 5.74) is -0.395. The van der Waals surface area contributed by atoms with E-state index in [0.29, 0.717) is 36.4 Å². The number of amides is 1. The smallest absolute Gasteiger partial charge is 0.471 e. The van der Waals surface area contributed by atoms with Crippen LogP contribution in [0.15, 0.2) is 11.8 Å². The molecule has 3 nitrogen and oxygen atoms in total. The zero-order valence-electron chi connectivity index (χ0n) is 14.8. The van der Waals surface area contributed by atoms with Crippen LogP contribution in [-0.2, 0) is 4.79 Å². The first-order chi connectivity index (χ1) is 11.6. The number of carbonyl (C=O) groups is 1. The molecule has 140 valence electrons. The molecular weight excluding hydrogens is 331 g/mol. The summed E-state index contributed by atoms with van der Waals surface area (Å²) in [5.74, 6) is -0.00286. The standard InChI is InChI=1S/C19H26F3NO2/c1-17-9-10-23(16(25)19(20,21)22)14(17)5-3-11-12-4-6-15(24)18(12,2)8-7-13(11)17/h6,11-14,24H,3-5,7-10H2,1-2H3/t11-,12-,13-,14?,17+,18-/m0/s1. The van der Waals surface area contributed by atoms with E-state index in [1.807, 2.05) is 6.08 Å². The molecule has 0 aromatic rings. The van der Waals surface area contributed by atoms with Crippen LogP contribution in [-0.4, -0.2) is 34.7 Å². The quantitative estimate of drug-likeness (QED) is 0.696. The lowest BCUT2D eigenvalue weighted by Crippen LogP contribution is -2.56. The Balaban J connectivity index is 1.60. The maximum absolute atomic E-state index is 13.0. The van der Waals surface area contributed by atoms with Crippen LogP contribution in [0.1, 0.15) is 52.4 Å². The van der Waals surface area contributed by atoms with Crippen LogP contribution in [0.25, 0.3) is 0 Å². The van der Waals surface area contributed by atoms with Crippen LogP contribution >= 0.6 is 0 Å². The van der Waals surface area contributed by atoms with Gasteiger partial charge in [-0.1, -0.05) is 13.8 Å². The lowest BCUT2D eigenvalue weighted by molar-refractivity contribution is -0.189. The van der Waals surface area contributed by atoms with Crippen molar-refractivity contribution in [3.05, 3.63) is 11.8 Å². The highest BCUT2D eigenvalue weighted by molar-refractivity contribution is 5.82. The Hall–Kier alpha value is -1.20. The number of alkyl halides is 3. The number of hydrogen-bond donors (Lipinski definition) is 1. The van der Waals surface area contributed by atoms with Gasteiger partial charge in [0.1, 0.15) is 0 Å². The van der Waals surface area contributed by atoms with Gasteiger partial charge in [-0.25, -0.2) is 0 Å². The summed E-state index contributed by atoms with van der Waals surface area (Å²) >= 11 is 0. The number of rotatable bonds is 0. The van der Waals surface area contributed by atoms with E-state index in [-0.39, 0.29) is 23.4 Å². The van der Waals surface area contributed by atoms with Crippen molar-refractivity contribution in [2.75, 3.05) is 6.54 Å². The average molecular weight is 357 g/mol. The number of likely N-dealkylation sites (tertiary alicyclic amines) is 1. The topological polar surface area (TPSA) is 40.5 Å². The molecule has 6 heteroatoms. The predicted octanol–water partition coefficient (Wildman–Crippen LogP) is 4.44. The first-order valence-electron chi connectivity index (χ1n) is 9.36. The molecule has 4 aliphatic rings. The minimum atomic E-state index is -4.78. The number of aliphatic hydroxyl groups is 1. The van der Waals surface area contributed by atoms with Crippen LogP contribution < -0.4 is 0 Å². The molecule has 1 N–H and O–H groups in total. The average Bonchev–Trinajstić information content (AvgIpc) is 3.03. The number of halogens is 3. The minimum Gasteiger partial charge on any atom is -0.512 e. The number of allylic oxidation sites excluding steroid dienone is 2. The SMILES string of the molecule is C[C@]12CCN(C(=O)C(F)(F)F)C1CC[C@@H]1[C@@H]2CC[C@]2(C)C(O)=CC[C@@H]12. The van der Waals surface area contributed by atoms with Crippen LogP contribution in [0.2, 0.25) is 0 Å². The van der Waals surface area contributed by atoms with Crippen LogP contribution in [0.5, 0.6) is 0 Å². The molecule has 4 rings (SSSR count). The molecule has 3 aliphatic carbocycles. The molecule has 25 heavy (non-hydrogen) atoms. The molecule has 1 amide bonds. The molecule has 0 aromatic carbocycles. The molecule has 0 radical (unpaired) electrons. The second-order valence-electron chi connectivity index (χ2n) is 9.00. The summed E-state index contributed by atoms with van der Waals surface area (Å²) in [6.07, 6.45) is 2.00. The Labute approximate surface area is 146 Å². The largest absolute Gasteiger partial charge is 0.512 e. The number of carbonyl (C=O) groups excluding carboxylic acids is 1. The lowest BCUT2D eigenvalue weighted by Gasteiger charge is -2.57. The lowest BCUT2D eigenvalue weighted by atomic mass is 9.49. The van der Waals surface area contributed by atoms with E-state index in [1.165, 1.54) is 0 Å². The summed E-state index contributed by atoms with van der Waals surface area (Å²) in [5, 5.41) is 10.3. The number of fused-ring (bicyclic) bond motifs is 5. The second-order valence-corrected chi connectivity index (χ2v) is 9.00. The van der Waals surface area contributed by atoms with Crippen LogP contribution in [0, 0.1) is 28.6 Å². The van der Waals surface area contributed by atoms with Crippen LogP contribution in [0.3, 0.4) is 0 Å². The van der Waals surface area contributed by atoms with E-state index in [1.54, 1.807) is 0 Å². The van der Waals surface area contributed by atoms with Gasteiger partial charge in [0.25, 0.3) is 0 Å². The first kappa shape index (κ1) is 17.2. The molecule has 1 aliphatic heterocycles. The van der Waals surface area contributed by atoms with Gasteiger partial charge in [-0.05, 0) is 67.8 Å². The highest BCUT2D eigenvalue weighted by Gasteiger charge is 2.62. The molecule has 2 saturated carbocycles. The fourth-order valence-corrected chi connectivity index (χ4v) is 6.77. The van der Waals surface area contributed by atoms with E-state index in [2.05, 4.69) is 13.8 Å². The van der Waals surface area contributed by atoms with E-state index < -0.39 is 12.1 Å². The van der Waals surface area contributed by atoms with Gasteiger partial charge >= 0.3 is 12.1 Å². The Morgan fingerprint density at radius 3 is 2.60 bits per heavy atom. The fourth-order valence-electron chi connectivity index (χ4n) is 6.77. The van der Waals surface area contributed by atoms with Crippen LogP contribution in [0.4, 0.5) is 13.2 Å². The highest BCUT2D eigenvalue weighted by atomic mass is 19.4. The summed E-state index contributed by atoms with van der Waals surface area (Å²) in [6.45, 7) is 4.45. The third kappa shape index (κ3) is 2.21. The molecule has 6 atom stereocenters. The molecule has 3 fully saturated rings. The molecule has 0 spiro atoms. The van der Waals surface area contributed by atoms with Gasteiger partial charge in [0.15, 0.2) is 0 Å². The molecule has 1 unspecified atom stereocenters. The second kappa shape index (κ2) is 5.17. The van der Waals surface area contributed by atoms with Crippen molar-refractivity contribution in [2.24, 2.45) is 28.6 Å². The fraction of sp³-hybridized carbons (Fsp3) is 0.842. The van der Waals surface area contributed by atoms with E-state index in [4.69, 9.17) is 0 Å². The maximum Gasteiger partial charge on any atom is 0.471 e. The zero-order valence-corrected chi connectivity index (χ0v) is 14.8. The molecule has 1 heterocycles. The number of hydrogen-bond acceptors (Lipinski definition) is 2. The van der Waals surface area contributed by atoms with E-state index >= 15 is 0 Å². The van der Waals surface area contributed by atoms with Crippen molar-refractivity contribution in [3.63, 3.8) is 0 Å². The van der Waals surface area contributed by atoms with Gasteiger partial charge in [0, 0.05) is 18.0 Å². The normalized spacial score (nSPS) is 46.3. The van der Waals surface area contributed by atoms with Gasteiger partial charge < -0.3 is 10.0 Å². The molecule has 0 bridgehead atoms. The first-order valence-corrected chi connectivity index (χ1v) is 9.36. The Bertz CT molecular complexity index is 631. The van der Waals surface area contributed by atoms with Crippen molar-refractivity contribution < 1.29 is 23.1 Å². The Morgan fingerprint density at radius 2 is 1.92 bits per heavy atom. The van der Waals surface area contributed by atoms with E-state index in [0.717, 1.165) is 30.6 Å². The van der Waals surface area contributed by atoms with E-state index in [9.17, 15) is 23.1 Å². The molecular formula is C19H26F3NO2. The third-order valence-electron chi connectivity index (χ3n) is 8.13. The third-order valence-corrected chi connectivity index (χ3v) is 8.13. The summed E-state index contributed by atoms with van der Waals surface area (Å²) < 4.78 is 38.9. The van der Waals surface area contributed by atoms with Crippen molar-refractivity contribution in [2.45, 2.75) is 64.6 Å². The minimum absolute atomic E-state index is 0.162. The van der Waals surface area contributed by atoms with Gasteiger partial charge in [-0.2, -0.15) is 13.2 Å². The van der Waals surface area contributed by atoms with Gasteiger partial charge in [0.05, 0.1) is 5.76 Å².